The molecule has 5 atom stereocenters. The quantitative estimate of drug-likeness (QED) is 0.369. The topological polar surface area (TPSA) is 37.3 Å². The molecule has 4 aliphatic carbocycles. The lowest BCUT2D eigenvalue weighted by Crippen LogP contribution is -2.49. The fourth-order valence-electron chi connectivity index (χ4n) is 7.51. The molecule has 0 bridgehead atoms. The summed E-state index contributed by atoms with van der Waals surface area (Å²) in [6.45, 7) is 6.36. The Morgan fingerprint density at radius 2 is 1.94 bits per heavy atom. The molecule has 5 rings (SSSR count). The van der Waals surface area contributed by atoms with Crippen LogP contribution in [0.1, 0.15) is 84.1 Å². The van der Waals surface area contributed by atoms with Gasteiger partial charge in [0.05, 0.1) is 0 Å². The molecule has 0 amide bonds. The molecule has 0 spiro atoms. The molecule has 0 aliphatic heterocycles. The Hall–Kier alpha value is -1.76. The van der Waals surface area contributed by atoms with Crippen LogP contribution in [0.4, 0.5) is 0 Å². The van der Waals surface area contributed by atoms with Gasteiger partial charge in [0.2, 0.25) is 0 Å². The number of thioether (sulfide) groups is 1. The van der Waals surface area contributed by atoms with E-state index in [9.17, 15) is 9.90 Å². The maximum absolute atomic E-state index is 13.7. The predicted octanol–water partition coefficient (Wildman–Crippen LogP) is 6.99. The first-order valence-corrected chi connectivity index (χ1v) is 14.2. The van der Waals surface area contributed by atoms with E-state index in [4.69, 9.17) is 0 Å². The highest BCUT2D eigenvalue weighted by Gasteiger charge is 2.60. The maximum Gasteiger partial charge on any atom is 0.176 e. The number of benzene rings is 1. The number of fused-ring (bicyclic) bond motifs is 4. The average molecular weight is 475 g/mol. The second-order valence-corrected chi connectivity index (χ2v) is 12.4. The van der Waals surface area contributed by atoms with Crippen molar-refractivity contribution in [2.75, 3.05) is 5.75 Å². The van der Waals surface area contributed by atoms with Crippen LogP contribution >= 0.6 is 11.8 Å². The minimum atomic E-state index is -0.856. The highest BCUT2D eigenvalue weighted by atomic mass is 32.2. The van der Waals surface area contributed by atoms with Gasteiger partial charge < -0.3 is 5.11 Å². The first-order valence-electron chi connectivity index (χ1n) is 13.2. The second kappa shape index (κ2) is 9.03. The number of rotatable bonds is 5. The number of ketones is 1. The molecule has 2 saturated carbocycles. The molecule has 2 nitrogen and oxygen atoms in total. The van der Waals surface area contributed by atoms with Crippen molar-refractivity contribution in [3.05, 3.63) is 58.7 Å². The van der Waals surface area contributed by atoms with Crippen molar-refractivity contribution in [2.45, 2.75) is 88.9 Å². The Morgan fingerprint density at radius 3 is 2.68 bits per heavy atom. The molecule has 3 heteroatoms. The van der Waals surface area contributed by atoms with Crippen molar-refractivity contribution < 1.29 is 9.90 Å². The largest absolute Gasteiger partial charge is 0.377 e. The molecule has 1 aromatic rings. The highest BCUT2D eigenvalue weighted by Crippen LogP contribution is 2.64. The van der Waals surface area contributed by atoms with Crippen molar-refractivity contribution in [1.29, 1.82) is 0 Å². The summed E-state index contributed by atoms with van der Waals surface area (Å²) in [7, 11) is 0. The minimum Gasteiger partial charge on any atom is -0.377 e. The van der Waals surface area contributed by atoms with Crippen LogP contribution in [0.15, 0.2) is 53.1 Å². The number of unbranched alkanes of at least 4 members (excludes halogenated alkanes) is 1. The normalized spacial score (nSPS) is 36.7. The zero-order valence-corrected chi connectivity index (χ0v) is 21.8. The van der Waals surface area contributed by atoms with Crippen LogP contribution in [0, 0.1) is 29.1 Å². The van der Waals surface area contributed by atoms with E-state index < -0.39 is 10.3 Å². The molecule has 4 aliphatic rings. The lowest BCUT2D eigenvalue weighted by atomic mass is 9.54. The lowest BCUT2D eigenvalue weighted by molar-refractivity contribution is -0.117. The van der Waals surface area contributed by atoms with Crippen LogP contribution < -0.4 is 0 Å². The van der Waals surface area contributed by atoms with Gasteiger partial charge in [-0.2, -0.15) is 0 Å². The summed E-state index contributed by atoms with van der Waals surface area (Å²) in [6.07, 6.45) is 11.1. The van der Waals surface area contributed by atoms with Gasteiger partial charge in [-0.3, -0.25) is 4.79 Å². The van der Waals surface area contributed by atoms with Crippen molar-refractivity contribution >= 4 is 17.5 Å². The molecule has 0 aromatic heterocycles. The van der Waals surface area contributed by atoms with Crippen LogP contribution in [0.5, 0.6) is 0 Å². The molecule has 0 heterocycles. The van der Waals surface area contributed by atoms with Crippen LogP contribution in [-0.4, -0.2) is 22.2 Å². The molecule has 1 unspecified atom stereocenters. The fraction of sp³-hybridized carbons (Fsp3) is 0.581. The Kier molecular flexibility index (Phi) is 6.36. The van der Waals surface area contributed by atoms with E-state index in [0.29, 0.717) is 11.8 Å². The van der Waals surface area contributed by atoms with Gasteiger partial charge in [-0.1, -0.05) is 62.1 Å². The standard InChI is InChI=1S/C31H38O2S/c1-4-6-19-34-31(23-10-8-7-9-11-23)21-26-22(20-28(31)32)12-13-25-24(26)14-17-29(3)27(25)15-18-30(29,33)16-5-2/h7-11,20,25,27,33H,4,6,12-15,17-19,21H2,1-3H3/t25-,27+,29+,30+,31?/m1/s1. The Labute approximate surface area is 209 Å². The summed E-state index contributed by atoms with van der Waals surface area (Å²) < 4.78 is -0.505. The molecule has 34 heavy (non-hydrogen) atoms. The first kappa shape index (κ1) is 24.0. The molecular formula is C31H38O2S. The Bertz CT molecular complexity index is 1090. The van der Waals surface area contributed by atoms with Crippen LogP contribution in [0.2, 0.25) is 0 Å². The second-order valence-electron chi connectivity index (χ2n) is 11.1. The average Bonchev–Trinajstić information content (AvgIpc) is 3.10. The summed E-state index contributed by atoms with van der Waals surface area (Å²) in [5.41, 5.74) is 4.53. The third-order valence-electron chi connectivity index (χ3n) is 9.47. The number of aliphatic hydroxyl groups is 1. The van der Waals surface area contributed by atoms with E-state index in [1.807, 2.05) is 30.8 Å². The molecule has 2 fully saturated rings. The number of carbonyl (C=O) groups is 1. The summed E-state index contributed by atoms with van der Waals surface area (Å²) in [4.78, 5) is 13.7. The molecule has 1 aromatic carbocycles. The Balaban J connectivity index is 1.56. The minimum absolute atomic E-state index is 0.136. The van der Waals surface area contributed by atoms with Crippen molar-refractivity contribution in [2.24, 2.45) is 17.3 Å². The zero-order chi connectivity index (χ0) is 24.0. The Morgan fingerprint density at radius 1 is 1.15 bits per heavy atom. The van der Waals surface area contributed by atoms with E-state index in [0.717, 1.165) is 69.1 Å². The van der Waals surface area contributed by atoms with E-state index in [2.05, 4.69) is 50.0 Å². The number of hydrogen-bond acceptors (Lipinski definition) is 3. The maximum atomic E-state index is 13.7. The van der Waals surface area contributed by atoms with Gasteiger partial charge >= 0.3 is 0 Å². The summed E-state index contributed by atoms with van der Waals surface area (Å²) in [6, 6.07) is 10.5. The van der Waals surface area contributed by atoms with Gasteiger partial charge in [-0.05, 0) is 98.7 Å². The van der Waals surface area contributed by atoms with Gasteiger partial charge in [0, 0.05) is 5.41 Å². The smallest absolute Gasteiger partial charge is 0.176 e. The predicted molar refractivity (Wildman–Crippen MR) is 141 cm³/mol. The molecule has 1 N–H and O–H groups in total. The third-order valence-corrected chi connectivity index (χ3v) is 11.0. The first-order chi connectivity index (χ1) is 16.4. The molecule has 0 saturated heterocycles. The highest BCUT2D eigenvalue weighted by molar-refractivity contribution is 8.01. The van der Waals surface area contributed by atoms with Crippen molar-refractivity contribution in [3.8, 4) is 11.8 Å². The monoisotopic (exact) mass is 474 g/mol. The number of allylic oxidation sites excluding steroid dienone is 4. The van der Waals surface area contributed by atoms with Gasteiger partial charge in [-0.25, -0.2) is 0 Å². The molecule has 180 valence electrons. The van der Waals surface area contributed by atoms with Crippen molar-refractivity contribution in [1.82, 2.24) is 0 Å². The molecular weight excluding hydrogens is 436 g/mol. The number of carbonyl (C=O) groups excluding carboxylic acids is 1. The van der Waals surface area contributed by atoms with Gasteiger partial charge in [-0.15, -0.1) is 17.7 Å². The van der Waals surface area contributed by atoms with Gasteiger partial charge in [0.25, 0.3) is 0 Å². The van der Waals surface area contributed by atoms with Crippen LogP contribution in [0.25, 0.3) is 0 Å². The summed E-state index contributed by atoms with van der Waals surface area (Å²) in [5, 5.41) is 11.5. The molecule has 0 radical (unpaired) electrons. The van der Waals surface area contributed by atoms with Crippen molar-refractivity contribution in [3.63, 3.8) is 0 Å². The SMILES string of the molecule is CC#C[C@]1(O)CC[C@H]2[C@@H]3CCC4=CC(=O)C(SCCCC)(c5ccccc5)CC4=C3CC[C@@]21C. The zero-order valence-electron chi connectivity index (χ0n) is 21.0. The van der Waals surface area contributed by atoms with E-state index in [-0.39, 0.29) is 11.2 Å². The summed E-state index contributed by atoms with van der Waals surface area (Å²) >= 11 is 1.86. The van der Waals surface area contributed by atoms with Crippen LogP contribution in [0.3, 0.4) is 0 Å². The van der Waals surface area contributed by atoms with E-state index in [1.54, 1.807) is 5.57 Å². The van der Waals surface area contributed by atoms with E-state index >= 15 is 0 Å². The van der Waals surface area contributed by atoms with E-state index in [1.165, 1.54) is 11.1 Å². The van der Waals surface area contributed by atoms with Gasteiger partial charge in [0.1, 0.15) is 10.3 Å². The third kappa shape index (κ3) is 3.56. The lowest BCUT2D eigenvalue weighted by Gasteiger charge is -2.51. The number of hydrogen-bond donors (Lipinski definition) is 1. The van der Waals surface area contributed by atoms with Crippen LogP contribution in [-0.2, 0) is 9.54 Å². The fourth-order valence-corrected chi connectivity index (χ4v) is 9.04. The summed E-state index contributed by atoms with van der Waals surface area (Å²) in [5.74, 6) is 8.52. The van der Waals surface area contributed by atoms with Gasteiger partial charge in [0.15, 0.2) is 5.78 Å².